The van der Waals surface area contributed by atoms with Crippen LogP contribution in [0, 0.1) is 18.8 Å². The molecule has 1 aromatic carbocycles. The number of aromatic nitrogens is 1. The van der Waals surface area contributed by atoms with Gasteiger partial charge in [-0.3, -0.25) is 14.5 Å². The molecule has 0 N–H and O–H groups in total. The van der Waals surface area contributed by atoms with Crippen molar-refractivity contribution in [3.63, 3.8) is 0 Å². The van der Waals surface area contributed by atoms with Gasteiger partial charge in [0.1, 0.15) is 11.9 Å². The van der Waals surface area contributed by atoms with Crippen molar-refractivity contribution in [3.8, 4) is 11.5 Å². The van der Waals surface area contributed by atoms with Crippen LogP contribution in [0.3, 0.4) is 0 Å². The minimum Gasteiger partial charge on any atom is -0.493 e. The number of aryl methyl sites for hydroxylation is 1. The van der Waals surface area contributed by atoms with E-state index >= 15 is 0 Å². The van der Waals surface area contributed by atoms with E-state index < -0.39 is 6.04 Å². The zero-order valence-corrected chi connectivity index (χ0v) is 19.3. The fraction of sp³-hybridized carbons (Fsp3) is 0.423. The van der Waals surface area contributed by atoms with Crippen LogP contribution in [0.1, 0.15) is 43.4 Å². The number of anilines is 1. The molecule has 0 spiro atoms. The molecule has 0 radical (unpaired) electrons. The lowest BCUT2D eigenvalue weighted by atomic mass is 9.74. The van der Waals surface area contributed by atoms with Gasteiger partial charge in [-0.25, -0.2) is 4.98 Å². The van der Waals surface area contributed by atoms with Gasteiger partial charge in [-0.05, 0) is 67.5 Å². The lowest BCUT2D eigenvalue weighted by Crippen LogP contribution is -2.41. The Morgan fingerprint density at radius 1 is 1.06 bits per heavy atom. The van der Waals surface area contributed by atoms with E-state index in [1.54, 1.807) is 31.4 Å². The van der Waals surface area contributed by atoms with E-state index in [9.17, 15) is 9.59 Å². The van der Waals surface area contributed by atoms with Crippen LogP contribution < -0.4 is 14.4 Å². The second-order valence-corrected chi connectivity index (χ2v) is 9.17. The van der Waals surface area contributed by atoms with E-state index in [0.717, 1.165) is 30.4 Å². The summed E-state index contributed by atoms with van der Waals surface area (Å²) in [7, 11) is 3.14. The van der Waals surface area contributed by atoms with E-state index in [1.807, 2.05) is 31.2 Å². The summed E-state index contributed by atoms with van der Waals surface area (Å²) in [6, 6.07) is 8.55. The summed E-state index contributed by atoms with van der Waals surface area (Å²) >= 11 is 0. The monoisotopic (exact) mass is 448 g/mol. The standard InChI is InChI=1S/C26H28N2O5/c1-14-5-7-18-17(11-14)24(29)22-23(16-6-8-19(31-3)20(13-16)32-4)28(26(30)25(22)33-18)21-12-15(2)9-10-27-21/h6,8-10,12-14,17-18,23H,5,7,11H2,1-4H3. The van der Waals surface area contributed by atoms with Crippen LogP contribution in [0.5, 0.6) is 11.5 Å². The van der Waals surface area contributed by atoms with Gasteiger partial charge in [0, 0.05) is 6.20 Å². The van der Waals surface area contributed by atoms with Crippen LogP contribution in [0.4, 0.5) is 5.82 Å². The van der Waals surface area contributed by atoms with Crippen LogP contribution in [0.2, 0.25) is 0 Å². The van der Waals surface area contributed by atoms with Crippen molar-refractivity contribution in [2.45, 2.75) is 45.3 Å². The number of pyridine rings is 1. The Labute approximate surface area is 193 Å². The van der Waals surface area contributed by atoms with Gasteiger partial charge in [0.15, 0.2) is 23.0 Å². The number of carbonyl (C=O) groups is 2. The highest BCUT2D eigenvalue weighted by molar-refractivity contribution is 6.17. The molecule has 1 aliphatic carbocycles. The molecule has 1 amide bonds. The van der Waals surface area contributed by atoms with Crippen molar-refractivity contribution >= 4 is 17.5 Å². The van der Waals surface area contributed by atoms with Crippen LogP contribution in [-0.2, 0) is 14.3 Å². The Kier molecular flexibility index (Phi) is 5.35. The molecule has 3 heterocycles. The van der Waals surface area contributed by atoms with Crippen molar-refractivity contribution in [3.05, 3.63) is 59.0 Å². The molecule has 3 aliphatic rings. The molecule has 7 nitrogen and oxygen atoms in total. The lowest BCUT2D eigenvalue weighted by Gasteiger charge is -2.37. The molecule has 4 atom stereocenters. The molecule has 7 heteroatoms. The number of methoxy groups -OCH3 is 2. The molecule has 0 saturated heterocycles. The first-order chi connectivity index (χ1) is 15.9. The quantitative estimate of drug-likeness (QED) is 0.699. The molecular formula is C26H28N2O5. The molecule has 2 aromatic rings. The largest absolute Gasteiger partial charge is 0.493 e. The molecule has 4 unspecified atom stereocenters. The normalized spacial score (nSPS) is 26.6. The maximum absolute atomic E-state index is 13.8. The van der Waals surface area contributed by atoms with Gasteiger partial charge in [-0.2, -0.15) is 0 Å². The summed E-state index contributed by atoms with van der Waals surface area (Å²) < 4.78 is 17.2. The summed E-state index contributed by atoms with van der Waals surface area (Å²) in [5.41, 5.74) is 2.14. The Morgan fingerprint density at radius 2 is 1.85 bits per heavy atom. The van der Waals surface area contributed by atoms with E-state index in [-0.39, 0.29) is 29.5 Å². The maximum atomic E-state index is 13.8. The first-order valence-corrected chi connectivity index (χ1v) is 11.4. The van der Waals surface area contributed by atoms with Crippen LogP contribution in [0.15, 0.2) is 47.9 Å². The highest BCUT2D eigenvalue weighted by Crippen LogP contribution is 2.49. The van der Waals surface area contributed by atoms with Crippen molar-refractivity contribution in [2.75, 3.05) is 19.1 Å². The number of hydrogen-bond acceptors (Lipinski definition) is 6. The van der Waals surface area contributed by atoms with Gasteiger partial charge in [0.2, 0.25) is 0 Å². The molecular weight excluding hydrogens is 420 g/mol. The first kappa shape index (κ1) is 21.5. The number of carbonyl (C=O) groups excluding carboxylic acids is 2. The molecule has 5 rings (SSSR count). The van der Waals surface area contributed by atoms with Crippen molar-refractivity contribution in [2.24, 2.45) is 11.8 Å². The minimum atomic E-state index is -0.646. The Hall–Kier alpha value is -3.35. The third kappa shape index (κ3) is 3.46. The number of ketones is 1. The molecule has 1 fully saturated rings. The topological polar surface area (TPSA) is 78.0 Å². The van der Waals surface area contributed by atoms with Gasteiger partial charge >= 0.3 is 0 Å². The van der Waals surface area contributed by atoms with E-state index in [2.05, 4.69) is 11.9 Å². The fourth-order valence-corrected chi connectivity index (χ4v) is 5.30. The molecule has 172 valence electrons. The van der Waals surface area contributed by atoms with E-state index in [0.29, 0.717) is 28.8 Å². The summed E-state index contributed by atoms with van der Waals surface area (Å²) in [5, 5.41) is 0. The Balaban J connectivity index is 1.67. The zero-order valence-electron chi connectivity index (χ0n) is 19.3. The van der Waals surface area contributed by atoms with Gasteiger partial charge in [-0.15, -0.1) is 0 Å². The molecule has 1 saturated carbocycles. The van der Waals surface area contributed by atoms with Crippen molar-refractivity contribution in [1.82, 2.24) is 4.98 Å². The summed E-state index contributed by atoms with van der Waals surface area (Å²) in [6.07, 6.45) is 3.98. The zero-order chi connectivity index (χ0) is 23.3. The smallest absolute Gasteiger partial charge is 0.295 e. The molecule has 0 bridgehead atoms. The number of rotatable bonds is 4. The number of Topliss-reactive ketones (excluding diaryl/α,β-unsaturated/α-hetero) is 1. The second-order valence-electron chi connectivity index (χ2n) is 9.17. The van der Waals surface area contributed by atoms with Crippen LogP contribution >= 0.6 is 0 Å². The summed E-state index contributed by atoms with van der Waals surface area (Å²) in [6.45, 7) is 4.12. The third-order valence-corrected chi connectivity index (χ3v) is 6.98. The van der Waals surface area contributed by atoms with E-state index in [1.165, 1.54) is 0 Å². The fourth-order valence-electron chi connectivity index (χ4n) is 5.30. The first-order valence-electron chi connectivity index (χ1n) is 11.4. The number of fused-ring (bicyclic) bond motifs is 1. The Bertz CT molecular complexity index is 1160. The molecule has 1 aromatic heterocycles. The van der Waals surface area contributed by atoms with Crippen LogP contribution in [-0.4, -0.2) is 37.0 Å². The SMILES string of the molecule is COc1ccc(C2C3=C(OC4CCC(C)CC4C3=O)C(=O)N2c2cc(C)ccn2)cc1OC. The second kappa shape index (κ2) is 8.21. The van der Waals surface area contributed by atoms with E-state index in [4.69, 9.17) is 14.2 Å². The van der Waals surface area contributed by atoms with Crippen molar-refractivity contribution < 1.29 is 23.8 Å². The number of ether oxygens (including phenoxy) is 3. The van der Waals surface area contributed by atoms with Gasteiger partial charge in [-0.1, -0.05) is 13.0 Å². The number of benzene rings is 1. The predicted molar refractivity (Wildman–Crippen MR) is 122 cm³/mol. The average Bonchev–Trinajstić information content (AvgIpc) is 3.11. The lowest BCUT2D eigenvalue weighted by molar-refractivity contribution is -0.132. The van der Waals surface area contributed by atoms with Gasteiger partial charge in [0.25, 0.3) is 5.91 Å². The molecule has 2 aliphatic heterocycles. The summed E-state index contributed by atoms with van der Waals surface area (Å²) in [5.74, 6) is 1.67. The predicted octanol–water partition coefficient (Wildman–Crippen LogP) is 4.15. The highest BCUT2D eigenvalue weighted by Gasteiger charge is 2.53. The number of amides is 1. The average molecular weight is 449 g/mol. The Morgan fingerprint density at radius 3 is 2.58 bits per heavy atom. The maximum Gasteiger partial charge on any atom is 0.295 e. The third-order valence-electron chi connectivity index (χ3n) is 6.98. The van der Waals surface area contributed by atoms with Gasteiger partial charge in [0.05, 0.1) is 31.8 Å². The molecule has 33 heavy (non-hydrogen) atoms. The number of hydrogen-bond donors (Lipinski definition) is 0. The van der Waals surface area contributed by atoms with Crippen LogP contribution in [0.25, 0.3) is 0 Å². The number of nitrogens with zero attached hydrogens (tertiary/aromatic N) is 2. The summed E-state index contributed by atoms with van der Waals surface area (Å²) in [4.78, 5) is 33.6. The van der Waals surface area contributed by atoms with Crippen molar-refractivity contribution in [1.29, 1.82) is 0 Å². The van der Waals surface area contributed by atoms with Gasteiger partial charge < -0.3 is 14.2 Å². The minimum absolute atomic E-state index is 0.0103. The highest BCUT2D eigenvalue weighted by atomic mass is 16.5.